The maximum atomic E-state index is 9.60. The number of phenols is 1. The Labute approximate surface area is 98.9 Å². The van der Waals surface area contributed by atoms with E-state index >= 15 is 0 Å². The largest absolute Gasteiger partial charge is 0.508 e. The van der Waals surface area contributed by atoms with E-state index < -0.39 is 0 Å². The van der Waals surface area contributed by atoms with E-state index in [2.05, 4.69) is 22.6 Å². The predicted molar refractivity (Wildman–Crippen MR) is 65.5 cm³/mol. The quantitative estimate of drug-likeness (QED) is 0.821. The number of hydrogen-bond donors (Lipinski definition) is 1. The van der Waals surface area contributed by atoms with Crippen LogP contribution in [0.5, 0.6) is 5.75 Å². The monoisotopic (exact) mass is 315 g/mol. The highest BCUT2D eigenvalue weighted by atomic mass is 127. The van der Waals surface area contributed by atoms with Crippen LogP contribution in [-0.2, 0) is 6.42 Å². The van der Waals surface area contributed by atoms with Gasteiger partial charge in [0.25, 0.3) is 0 Å². The molecule has 2 nitrogen and oxygen atoms in total. The van der Waals surface area contributed by atoms with Crippen LogP contribution < -0.4 is 0 Å². The number of phenolic OH excluding ortho intramolecular Hbond substituents is 1. The lowest BCUT2D eigenvalue weighted by molar-refractivity contribution is 0.471. The standard InChI is InChI=1S/C10H6INOS/c11-10-5-7-3-8(13)6(1-2-12)4-9(7)14-10/h3-5,13H,1H2. The number of hydrogen-bond acceptors (Lipinski definition) is 3. The molecule has 0 spiro atoms. The molecule has 0 bridgehead atoms. The molecule has 0 saturated carbocycles. The van der Waals surface area contributed by atoms with Crippen LogP contribution in [0.4, 0.5) is 0 Å². The molecule has 70 valence electrons. The molecular weight excluding hydrogens is 309 g/mol. The van der Waals surface area contributed by atoms with Crippen LogP contribution in [0.2, 0.25) is 0 Å². The highest BCUT2D eigenvalue weighted by molar-refractivity contribution is 14.1. The van der Waals surface area contributed by atoms with Gasteiger partial charge in [0.05, 0.1) is 15.4 Å². The van der Waals surface area contributed by atoms with Crippen LogP contribution in [0, 0.1) is 14.2 Å². The maximum absolute atomic E-state index is 9.60. The molecule has 0 atom stereocenters. The fourth-order valence-corrected chi connectivity index (χ4v) is 3.19. The van der Waals surface area contributed by atoms with Crippen LogP contribution in [-0.4, -0.2) is 5.11 Å². The summed E-state index contributed by atoms with van der Waals surface area (Å²) in [6.45, 7) is 0. The third-order valence-corrected chi connectivity index (χ3v) is 3.82. The summed E-state index contributed by atoms with van der Waals surface area (Å²) in [5.74, 6) is 0.216. The van der Waals surface area contributed by atoms with Crippen LogP contribution in [0.1, 0.15) is 5.56 Å². The Hall–Kier alpha value is -0.800. The van der Waals surface area contributed by atoms with Crippen molar-refractivity contribution >= 4 is 44.0 Å². The van der Waals surface area contributed by atoms with E-state index in [9.17, 15) is 5.11 Å². The lowest BCUT2D eigenvalue weighted by Gasteiger charge is -1.99. The summed E-state index contributed by atoms with van der Waals surface area (Å²) in [5, 5.41) is 19.2. The fraction of sp³-hybridized carbons (Fsp3) is 0.100. The smallest absolute Gasteiger partial charge is 0.120 e. The average molecular weight is 315 g/mol. The van der Waals surface area contributed by atoms with Gasteiger partial charge in [0.15, 0.2) is 0 Å². The number of nitrogens with zero attached hydrogens (tertiary/aromatic N) is 1. The van der Waals surface area contributed by atoms with Gasteiger partial charge in [-0.05, 0) is 46.2 Å². The van der Waals surface area contributed by atoms with Gasteiger partial charge in [0, 0.05) is 10.3 Å². The zero-order chi connectivity index (χ0) is 10.1. The first-order valence-electron chi connectivity index (χ1n) is 3.98. The van der Waals surface area contributed by atoms with Gasteiger partial charge in [-0.2, -0.15) is 5.26 Å². The summed E-state index contributed by atoms with van der Waals surface area (Å²) in [7, 11) is 0. The highest BCUT2D eigenvalue weighted by Gasteiger charge is 2.06. The first-order chi connectivity index (χ1) is 6.70. The molecule has 2 aromatic rings. The minimum atomic E-state index is 0.216. The van der Waals surface area contributed by atoms with E-state index in [1.807, 2.05) is 18.2 Å². The van der Waals surface area contributed by atoms with Crippen molar-refractivity contribution in [2.45, 2.75) is 6.42 Å². The SMILES string of the molecule is N#CCc1cc2sc(I)cc2cc1O. The molecule has 0 fully saturated rings. The van der Waals surface area contributed by atoms with Crippen LogP contribution in [0.25, 0.3) is 10.1 Å². The van der Waals surface area contributed by atoms with Crippen LogP contribution in [0.3, 0.4) is 0 Å². The molecule has 0 radical (unpaired) electrons. The molecule has 2 rings (SSSR count). The van der Waals surface area contributed by atoms with E-state index in [0.717, 1.165) is 10.1 Å². The summed E-state index contributed by atoms with van der Waals surface area (Å²) in [5.41, 5.74) is 0.707. The van der Waals surface area contributed by atoms with Gasteiger partial charge in [-0.1, -0.05) is 0 Å². The molecule has 0 aliphatic heterocycles. The van der Waals surface area contributed by atoms with Crippen molar-refractivity contribution in [3.8, 4) is 11.8 Å². The molecule has 0 aliphatic rings. The molecule has 0 saturated heterocycles. The van der Waals surface area contributed by atoms with Crippen molar-refractivity contribution in [1.82, 2.24) is 0 Å². The number of aromatic hydroxyl groups is 1. The second-order valence-corrected chi connectivity index (χ2v) is 5.88. The molecule has 1 heterocycles. The molecule has 14 heavy (non-hydrogen) atoms. The molecule has 0 amide bonds. The number of rotatable bonds is 1. The van der Waals surface area contributed by atoms with Gasteiger partial charge >= 0.3 is 0 Å². The number of thiophene rings is 1. The average Bonchev–Trinajstić information content (AvgIpc) is 2.45. The Morgan fingerprint density at radius 2 is 2.21 bits per heavy atom. The number of fused-ring (bicyclic) bond motifs is 1. The van der Waals surface area contributed by atoms with Gasteiger partial charge in [-0.3, -0.25) is 0 Å². The van der Waals surface area contributed by atoms with Gasteiger partial charge in [0.1, 0.15) is 5.75 Å². The Morgan fingerprint density at radius 1 is 1.43 bits per heavy atom. The third kappa shape index (κ3) is 1.70. The first-order valence-corrected chi connectivity index (χ1v) is 5.88. The summed E-state index contributed by atoms with van der Waals surface area (Å²) >= 11 is 3.92. The minimum Gasteiger partial charge on any atom is -0.508 e. The van der Waals surface area contributed by atoms with E-state index in [-0.39, 0.29) is 12.2 Å². The van der Waals surface area contributed by atoms with Crippen molar-refractivity contribution in [2.75, 3.05) is 0 Å². The normalized spacial score (nSPS) is 10.3. The second-order valence-electron chi connectivity index (χ2n) is 2.90. The Bertz CT molecular complexity index is 527. The fourth-order valence-electron chi connectivity index (χ4n) is 1.31. The Morgan fingerprint density at radius 3 is 2.93 bits per heavy atom. The Balaban J connectivity index is 2.65. The number of benzene rings is 1. The summed E-state index contributed by atoms with van der Waals surface area (Å²) in [6, 6.07) is 7.68. The van der Waals surface area contributed by atoms with Gasteiger partial charge < -0.3 is 5.11 Å². The minimum absolute atomic E-state index is 0.216. The highest BCUT2D eigenvalue weighted by Crippen LogP contribution is 2.32. The topological polar surface area (TPSA) is 44.0 Å². The molecule has 1 N–H and O–H groups in total. The van der Waals surface area contributed by atoms with E-state index in [1.165, 1.54) is 2.88 Å². The second kappa shape index (κ2) is 3.75. The van der Waals surface area contributed by atoms with Gasteiger partial charge in [-0.15, -0.1) is 11.3 Å². The number of nitriles is 1. The molecule has 1 aromatic heterocycles. The molecule has 0 unspecified atom stereocenters. The van der Waals surface area contributed by atoms with Crippen LogP contribution >= 0.6 is 33.9 Å². The summed E-state index contributed by atoms with van der Waals surface area (Å²) < 4.78 is 2.31. The van der Waals surface area contributed by atoms with Gasteiger partial charge in [-0.25, -0.2) is 0 Å². The Kier molecular flexibility index (Phi) is 2.61. The van der Waals surface area contributed by atoms with Crippen LogP contribution in [0.15, 0.2) is 18.2 Å². The van der Waals surface area contributed by atoms with Crippen molar-refractivity contribution in [1.29, 1.82) is 5.26 Å². The maximum Gasteiger partial charge on any atom is 0.120 e. The predicted octanol–water partition coefficient (Wildman–Crippen LogP) is 3.28. The summed E-state index contributed by atoms with van der Waals surface area (Å²) in [4.78, 5) is 0. The first kappa shape index (κ1) is 9.74. The van der Waals surface area contributed by atoms with Crippen molar-refractivity contribution in [3.05, 3.63) is 26.6 Å². The van der Waals surface area contributed by atoms with E-state index in [0.29, 0.717) is 5.56 Å². The summed E-state index contributed by atoms with van der Waals surface area (Å²) in [6.07, 6.45) is 0.260. The van der Waals surface area contributed by atoms with Gasteiger partial charge in [0.2, 0.25) is 0 Å². The number of halogens is 1. The lowest BCUT2D eigenvalue weighted by atomic mass is 10.1. The molecule has 0 aliphatic carbocycles. The van der Waals surface area contributed by atoms with Crippen molar-refractivity contribution in [3.63, 3.8) is 0 Å². The molecular formula is C10H6INOS. The zero-order valence-corrected chi connectivity index (χ0v) is 10.1. The van der Waals surface area contributed by atoms with E-state index in [4.69, 9.17) is 5.26 Å². The van der Waals surface area contributed by atoms with E-state index in [1.54, 1.807) is 17.4 Å². The molecule has 1 aromatic carbocycles. The third-order valence-electron chi connectivity index (χ3n) is 1.96. The van der Waals surface area contributed by atoms with Crippen molar-refractivity contribution in [2.24, 2.45) is 0 Å². The van der Waals surface area contributed by atoms with Crippen molar-refractivity contribution < 1.29 is 5.11 Å². The lowest BCUT2D eigenvalue weighted by Crippen LogP contribution is -1.81. The zero-order valence-electron chi connectivity index (χ0n) is 7.12. The molecule has 4 heteroatoms.